The van der Waals surface area contributed by atoms with Crippen LogP contribution in [0.4, 0.5) is 0 Å². The number of rotatable bonds is 2. The second-order valence-corrected chi connectivity index (χ2v) is 5.94. The molecular formula is C15H15BrClNO. The van der Waals surface area contributed by atoms with E-state index in [9.17, 15) is 0 Å². The molecule has 2 rings (SSSR count). The van der Waals surface area contributed by atoms with Crippen molar-refractivity contribution in [3.8, 4) is 11.6 Å². The third-order valence-electron chi connectivity index (χ3n) is 2.92. The lowest BCUT2D eigenvalue weighted by Gasteiger charge is -2.14. The number of aromatic nitrogens is 1. The lowest BCUT2D eigenvalue weighted by Crippen LogP contribution is -1.97. The van der Waals surface area contributed by atoms with Crippen LogP contribution in [0.3, 0.4) is 0 Å². The van der Waals surface area contributed by atoms with Crippen molar-refractivity contribution in [3.05, 3.63) is 50.1 Å². The Hall–Kier alpha value is -1.06. The van der Waals surface area contributed by atoms with Gasteiger partial charge in [-0.2, -0.15) is 0 Å². The van der Waals surface area contributed by atoms with Crippen LogP contribution in [0.25, 0.3) is 0 Å². The molecule has 2 nitrogen and oxygen atoms in total. The molecule has 4 heteroatoms. The second-order valence-electron chi connectivity index (χ2n) is 4.65. The normalized spacial score (nSPS) is 10.6. The predicted octanol–water partition coefficient (Wildman–Crippen LogP) is 5.52. The molecule has 0 aliphatic rings. The van der Waals surface area contributed by atoms with E-state index in [-0.39, 0.29) is 0 Å². The molecule has 0 N–H and O–H groups in total. The average Bonchev–Trinajstić information content (AvgIpc) is 2.29. The minimum Gasteiger partial charge on any atom is -0.438 e. The summed E-state index contributed by atoms with van der Waals surface area (Å²) in [6.07, 6.45) is 0. The van der Waals surface area contributed by atoms with E-state index in [0.29, 0.717) is 5.88 Å². The smallest absolute Gasteiger partial charge is 0.223 e. The van der Waals surface area contributed by atoms with Gasteiger partial charge in [-0.05, 0) is 57.0 Å². The van der Waals surface area contributed by atoms with E-state index < -0.39 is 0 Å². The lowest BCUT2D eigenvalue weighted by molar-refractivity contribution is 0.450. The van der Waals surface area contributed by atoms with E-state index in [1.54, 1.807) is 0 Å². The Morgan fingerprint density at radius 3 is 2.21 bits per heavy atom. The Morgan fingerprint density at radius 1 is 1.05 bits per heavy atom. The first-order chi connectivity index (χ1) is 8.88. The number of nitrogens with zero attached hydrogens (tertiary/aromatic N) is 1. The zero-order valence-electron chi connectivity index (χ0n) is 11.3. The van der Waals surface area contributed by atoms with Gasteiger partial charge in [-0.3, -0.25) is 0 Å². The fraction of sp³-hybridized carbons (Fsp3) is 0.267. The highest BCUT2D eigenvalue weighted by atomic mass is 79.9. The SMILES string of the molecule is Cc1cc(Br)c(C)c(Oc2c(C)cc(Cl)cc2C)n1. The summed E-state index contributed by atoms with van der Waals surface area (Å²) in [4.78, 5) is 4.45. The molecule has 0 aliphatic carbocycles. The standard InChI is InChI=1S/C15H15BrClNO/c1-8-5-12(17)6-9(2)14(8)19-15-11(4)13(16)7-10(3)18-15/h5-7H,1-4H3. The summed E-state index contributed by atoms with van der Waals surface area (Å²) < 4.78 is 6.99. The molecule has 1 aromatic carbocycles. The number of hydrogen-bond donors (Lipinski definition) is 0. The summed E-state index contributed by atoms with van der Waals surface area (Å²) in [7, 11) is 0. The summed E-state index contributed by atoms with van der Waals surface area (Å²) >= 11 is 9.55. The molecule has 1 aromatic heterocycles. The highest BCUT2D eigenvalue weighted by molar-refractivity contribution is 9.10. The number of hydrogen-bond acceptors (Lipinski definition) is 2. The number of pyridine rings is 1. The van der Waals surface area contributed by atoms with E-state index in [0.717, 1.165) is 37.6 Å². The van der Waals surface area contributed by atoms with Gasteiger partial charge >= 0.3 is 0 Å². The van der Waals surface area contributed by atoms with Gasteiger partial charge in [0, 0.05) is 20.8 Å². The van der Waals surface area contributed by atoms with Gasteiger partial charge in [-0.15, -0.1) is 0 Å². The van der Waals surface area contributed by atoms with Crippen LogP contribution in [0.2, 0.25) is 5.02 Å². The molecule has 0 radical (unpaired) electrons. The maximum Gasteiger partial charge on any atom is 0.223 e. The van der Waals surface area contributed by atoms with Crippen LogP contribution in [-0.2, 0) is 0 Å². The topological polar surface area (TPSA) is 22.1 Å². The van der Waals surface area contributed by atoms with Crippen molar-refractivity contribution in [1.29, 1.82) is 0 Å². The molecule has 0 atom stereocenters. The highest BCUT2D eigenvalue weighted by Gasteiger charge is 2.12. The monoisotopic (exact) mass is 339 g/mol. The Bertz CT molecular complexity index is 617. The number of ether oxygens (including phenoxy) is 1. The third kappa shape index (κ3) is 3.10. The molecule has 100 valence electrons. The van der Waals surface area contributed by atoms with Crippen LogP contribution in [0.5, 0.6) is 11.6 Å². The number of aryl methyl sites for hydroxylation is 3. The first kappa shape index (κ1) is 14.4. The fourth-order valence-corrected chi connectivity index (χ4v) is 2.75. The average molecular weight is 341 g/mol. The van der Waals surface area contributed by atoms with Crippen LogP contribution >= 0.6 is 27.5 Å². The van der Waals surface area contributed by atoms with Gasteiger partial charge in [0.05, 0.1) is 0 Å². The molecule has 0 fully saturated rings. The van der Waals surface area contributed by atoms with Crippen molar-refractivity contribution < 1.29 is 4.74 Å². The highest BCUT2D eigenvalue weighted by Crippen LogP contribution is 2.34. The summed E-state index contributed by atoms with van der Waals surface area (Å²) in [5.41, 5.74) is 3.91. The third-order valence-corrected chi connectivity index (χ3v) is 3.96. The van der Waals surface area contributed by atoms with E-state index in [1.165, 1.54) is 0 Å². The van der Waals surface area contributed by atoms with Gasteiger partial charge in [0.1, 0.15) is 5.75 Å². The minimum atomic E-state index is 0.625. The van der Waals surface area contributed by atoms with E-state index in [2.05, 4.69) is 20.9 Å². The first-order valence-corrected chi connectivity index (χ1v) is 7.14. The molecule has 19 heavy (non-hydrogen) atoms. The number of halogens is 2. The summed E-state index contributed by atoms with van der Waals surface area (Å²) in [5, 5.41) is 0.720. The van der Waals surface area contributed by atoms with Gasteiger partial charge in [-0.25, -0.2) is 4.98 Å². The predicted molar refractivity (Wildman–Crippen MR) is 82.4 cm³/mol. The van der Waals surface area contributed by atoms with Crippen LogP contribution in [-0.4, -0.2) is 4.98 Å². The second kappa shape index (κ2) is 5.51. The molecular weight excluding hydrogens is 326 g/mol. The zero-order chi connectivity index (χ0) is 14.2. The Kier molecular flexibility index (Phi) is 4.16. The summed E-state index contributed by atoms with van der Waals surface area (Å²) in [6.45, 7) is 7.88. The van der Waals surface area contributed by atoms with Crippen molar-refractivity contribution in [3.63, 3.8) is 0 Å². The first-order valence-electron chi connectivity index (χ1n) is 5.97. The molecule has 0 unspecified atom stereocenters. The summed E-state index contributed by atoms with van der Waals surface area (Å²) in [6, 6.07) is 5.76. The van der Waals surface area contributed by atoms with Gasteiger partial charge in [0.25, 0.3) is 0 Å². The molecule has 0 bridgehead atoms. The zero-order valence-corrected chi connectivity index (χ0v) is 13.7. The molecule has 0 aliphatic heterocycles. The quantitative estimate of drug-likeness (QED) is 0.717. The molecule has 0 spiro atoms. The van der Waals surface area contributed by atoms with E-state index in [4.69, 9.17) is 16.3 Å². The van der Waals surface area contributed by atoms with Crippen molar-refractivity contribution in [1.82, 2.24) is 4.98 Å². The van der Waals surface area contributed by atoms with Crippen LogP contribution < -0.4 is 4.74 Å². The number of benzene rings is 1. The fourth-order valence-electron chi connectivity index (χ4n) is 1.92. The van der Waals surface area contributed by atoms with Crippen LogP contribution in [0, 0.1) is 27.7 Å². The van der Waals surface area contributed by atoms with Crippen molar-refractivity contribution >= 4 is 27.5 Å². The van der Waals surface area contributed by atoms with Gasteiger partial charge in [0.2, 0.25) is 5.88 Å². The Morgan fingerprint density at radius 2 is 1.63 bits per heavy atom. The molecule has 0 amide bonds. The largest absolute Gasteiger partial charge is 0.438 e. The Labute approximate surface area is 126 Å². The maximum absolute atomic E-state index is 6.03. The minimum absolute atomic E-state index is 0.625. The van der Waals surface area contributed by atoms with Crippen molar-refractivity contribution in [2.45, 2.75) is 27.7 Å². The van der Waals surface area contributed by atoms with Crippen LogP contribution in [0.15, 0.2) is 22.7 Å². The molecule has 2 aromatic rings. The molecule has 0 saturated carbocycles. The molecule has 0 saturated heterocycles. The Balaban J connectivity index is 2.48. The van der Waals surface area contributed by atoms with E-state index >= 15 is 0 Å². The summed E-state index contributed by atoms with van der Waals surface area (Å²) in [5.74, 6) is 1.44. The maximum atomic E-state index is 6.03. The van der Waals surface area contributed by atoms with Crippen molar-refractivity contribution in [2.75, 3.05) is 0 Å². The van der Waals surface area contributed by atoms with E-state index in [1.807, 2.05) is 45.9 Å². The van der Waals surface area contributed by atoms with Crippen LogP contribution in [0.1, 0.15) is 22.4 Å². The van der Waals surface area contributed by atoms with Gasteiger partial charge in [-0.1, -0.05) is 27.5 Å². The van der Waals surface area contributed by atoms with Crippen molar-refractivity contribution in [2.24, 2.45) is 0 Å². The molecule has 1 heterocycles. The lowest BCUT2D eigenvalue weighted by atomic mass is 10.1. The van der Waals surface area contributed by atoms with Gasteiger partial charge < -0.3 is 4.74 Å². The van der Waals surface area contributed by atoms with Gasteiger partial charge in [0.15, 0.2) is 0 Å².